The topological polar surface area (TPSA) is 61.4 Å². The molecule has 1 fully saturated rings. The molecule has 1 aliphatic heterocycles. The number of rotatable bonds is 3. The average Bonchev–Trinajstić information content (AvgIpc) is 2.47. The maximum atomic E-state index is 12.0. The molecule has 1 aromatic rings. The number of carbonyl (C=O) groups excluding carboxylic acids is 2. The maximum absolute atomic E-state index is 12.0. The Morgan fingerprint density at radius 1 is 1.38 bits per heavy atom. The van der Waals surface area contributed by atoms with Crippen LogP contribution < -0.4 is 10.6 Å². The monoisotopic (exact) mass is 329 g/mol. The van der Waals surface area contributed by atoms with Gasteiger partial charge in [0.05, 0.1) is 16.6 Å². The number of hydrogen-bond donors (Lipinski definition) is 2. The summed E-state index contributed by atoms with van der Waals surface area (Å²) in [5, 5.41) is 6.57. The molecule has 1 saturated heterocycles. The van der Waals surface area contributed by atoms with Crippen molar-refractivity contribution in [3.05, 3.63) is 33.8 Å². The van der Waals surface area contributed by atoms with E-state index in [1.807, 2.05) is 6.92 Å². The molecular formula is C14H17Cl2N3O2. The maximum Gasteiger partial charge on any atom is 0.251 e. The summed E-state index contributed by atoms with van der Waals surface area (Å²) in [6, 6.07) is 4.88. The molecule has 0 radical (unpaired) electrons. The molecule has 0 saturated carbocycles. The van der Waals surface area contributed by atoms with Crippen LogP contribution >= 0.6 is 23.2 Å². The zero-order chi connectivity index (χ0) is 15.4. The van der Waals surface area contributed by atoms with Crippen molar-refractivity contribution in [2.24, 2.45) is 0 Å². The summed E-state index contributed by atoms with van der Waals surface area (Å²) in [4.78, 5) is 25.7. The van der Waals surface area contributed by atoms with Gasteiger partial charge in [0.1, 0.15) is 0 Å². The van der Waals surface area contributed by atoms with Gasteiger partial charge >= 0.3 is 0 Å². The number of piperazine rings is 1. The normalized spacial score (nSPS) is 18.4. The second-order valence-electron chi connectivity index (χ2n) is 5.01. The molecule has 2 N–H and O–H groups in total. The molecule has 1 aromatic carbocycles. The predicted molar refractivity (Wildman–Crippen MR) is 82.8 cm³/mol. The third-order valence-corrected chi connectivity index (χ3v) is 4.04. The van der Waals surface area contributed by atoms with Gasteiger partial charge in [0.15, 0.2) is 0 Å². The largest absolute Gasteiger partial charge is 0.343 e. The van der Waals surface area contributed by atoms with Gasteiger partial charge in [-0.3, -0.25) is 9.59 Å². The van der Waals surface area contributed by atoms with E-state index in [1.165, 1.54) is 6.07 Å². The van der Waals surface area contributed by atoms with Crippen molar-refractivity contribution in [2.75, 3.05) is 26.2 Å². The molecule has 21 heavy (non-hydrogen) atoms. The molecule has 0 aromatic heterocycles. The van der Waals surface area contributed by atoms with Crippen molar-refractivity contribution in [1.29, 1.82) is 0 Å². The lowest BCUT2D eigenvalue weighted by Gasteiger charge is -2.31. The fraction of sp³-hybridized carbons (Fsp3) is 0.429. The summed E-state index contributed by atoms with van der Waals surface area (Å²) in [6.07, 6.45) is 0. The minimum Gasteiger partial charge on any atom is -0.343 e. The fourth-order valence-corrected chi connectivity index (χ4v) is 2.46. The quantitative estimate of drug-likeness (QED) is 0.884. The van der Waals surface area contributed by atoms with E-state index in [-0.39, 0.29) is 24.4 Å². The van der Waals surface area contributed by atoms with Crippen LogP contribution in [-0.2, 0) is 4.79 Å². The lowest BCUT2D eigenvalue weighted by Crippen LogP contribution is -2.53. The lowest BCUT2D eigenvalue weighted by molar-refractivity contribution is -0.131. The Morgan fingerprint density at radius 2 is 2.14 bits per heavy atom. The van der Waals surface area contributed by atoms with Crippen LogP contribution in [0.2, 0.25) is 10.0 Å². The number of halogens is 2. The van der Waals surface area contributed by atoms with Gasteiger partial charge in [0.25, 0.3) is 5.91 Å². The molecule has 0 aliphatic carbocycles. The van der Waals surface area contributed by atoms with Crippen LogP contribution in [0.1, 0.15) is 17.3 Å². The highest BCUT2D eigenvalue weighted by atomic mass is 35.5. The fourth-order valence-electron chi connectivity index (χ4n) is 2.17. The van der Waals surface area contributed by atoms with Crippen LogP contribution in [0.25, 0.3) is 0 Å². The summed E-state index contributed by atoms with van der Waals surface area (Å²) < 4.78 is 0. The van der Waals surface area contributed by atoms with Crippen LogP contribution in [0.4, 0.5) is 0 Å². The highest BCUT2D eigenvalue weighted by molar-refractivity contribution is 6.42. The Balaban J connectivity index is 1.88. The second-order valence-corrected chi connectivity index (χ2v) is 5.82. The Kier molecular flexibility index (Phi) is 5.45. The molecule has 7 heteroatoms. The van der Waals surface area contributed by atoms with Crippen molar-refractivity contribution in [3.8, 4) is 0 Å². The first kappa shape index (κ1) is 16.1. The number of carbonyl (C=O) groups is 2. The Morgan fingerprint density at radius 3 is 2.81 bits per heavy atom. The van der Waals surface area contributed by atoms with Crippen molar-refractivity contribution in [1.82, 2.24) is 15.5 Å². The Labute approximate surface area is 133 Å². The van der Waals surface area contributed by atoms with Gasteiger partial charge in [-0.2, -0.15) is 0 Å². The summed E-state index contributed by atoms with van der Waals surface area (Å²) in [5.41, 5.74) is 0.380. The second kappa shape index (κ2) is 7.11. The van der Waals surface area contributed by atoms with Crippen LogP contribution in [-0.4, -0.2) is 48.9 Å². The van der Waals surface area contributed by atoms with Crippen LogP contribution in [0.5, 0.6) is 0 Å². The average molecular weight is 330 g/mol. The van der Waals surface area contributed by atoms with Gasteiger partial charge in [-0.05, 0) is 25.1 Å². The van der Waals surface area contributed by atoms with Gasteiger partial charge in [-0.15, -0.1) is 0 Å². The molecule has 0 bridgehead atoms. The molecular weight excluding hydrogens is 313 g/mol. The lowest BCUT2D eigenvalue weighted by atomic mass is 10.2. The van der Waals surface area contributed by atoms with E-state index in [9.17, 15) is 9.59 Å². The first-order chi connectivity index (χ1) is 9.97. The molecule has 1 atom stereocenters. The number of hydrogen-bond acceptors (Lipinski definition) is 3. The van der Waals surface area contributed by atoms with Gasteiger partial charge in [-0.25, -0.2) is 0 Å². The molecule has 0 spiro atoms. The zero-order valence-electron chi connectivity index (χ0n) is 11.7. The number of nitrogens with one attached hydrogen (secondary N) is 2. The molecule has 2 amide bonds. The van der Waals surface area contributed by atoms with Crippen LogP contribution in [0.15, 0.2) is 18.2 Å². The van der Waals surface area contributed by atoms with E-state index < -0.39 is 0 Å². The highest BCUT2D eigenvalue weighted by Crippen LogP contribution is 2.22. The summed E-state index contributed by atoms with van der Waals surface area (Å²) >= 11 is 11.7. The minimum atomic E-state index is -0.343. The van der Waals surface area contributed by atoms with E-state index in [0.29, 0.717) is 28.7 Å². The molecule has 114 valence electrons. The molecule has 2 rings (SSSR count). The molecule has 1 aliphatic rings. The third kappa shape index (κ3) is 4.33. The predicted octanol–water partition coefficient (Wildman–Crippen LogP) is 1.54. The number of benzene rings is 1. The van der Waals surface area contributed by atoms with Gasteiger partial charge in [0, 0.05) is 31.2 Å². The SMILES string of the molecule is CC1CN(C(=O)CNC(=O)c2ccc(Cl)c(Cl)c2)CCN1. The van der Waals surface area contributed by atoms with E-state index in [0.717, 1.165) is 6.54 Å². The van der Waals surface area contributed by atoms with Crippen molar-refractivity contribution < 1.29 is 9.59 Å². The zero-order valence-corrected chi connectivity index (χ0v) is 13.2. The van der Waals surface area contributed by atoms with Crippen molar-refractivity contribution >= 4 is 35.0 Å². The van der Waals surface area contributed by atoms with Crippen molar-refractivity contribution in [2.45, 2.75) is 13.0 Å². The van der Waals surface area contributed by atoms with E-state index >= 15 is 0 Å². The summed E-state index contributed by atoms with van der Waals surface area (Å²) in [5.74, 6) is -0.429. The van der Waals surface area contributed by atoms with Gasteiger partial charge in [0.2, 0.25) is 5.91 Å². The van der Waals surface area contributed by atoms with E-state index in [4.69, 9.17) is 23.2 Å². The summed E-state index contributed by atoms with van der Waals surface area (Å²) in [6.45, 7) is 4.08. The van der Waals surface area contributed by atoms with Gasteiger partial charge in [-0.1, -0.05) is 23.2 Å². The van der Waals surface area contributed by atoms with E-state index in [2.05, 4.69) is 10.6 Å². The van der Waals surface area contributed by atoms with Crippen LogP contribution in [0.3, 0.4) is 0 Å². The smallest absolute Gasteiger partial charge is 0.251 e. The first-order valence-corrected chi connectivity index (χ1v) is 7.47. The minimum absolute atomic E-state index is 0.0220. The number of amides is 2. The Bertz CT molecular complexity index is 551. The van der Waals surface area contributed by atoms with Gasteiger partial charge < -0.3 is 15.5 Å². The van der Waals surface area contributed by atoms with Crippen LogP contribution in [0, 0.1) is 0 Å². The molecule has 1 unspecified atom stereocenters. The van der Waals surface area contributed by atoms with E-state index in [1.54, 1.807) is 17.0 Å². The Hall–Kier alpha value is -1.30. The standard InChI is InChI=1S/C14H17Cl2N3O2/c1-9-8-19(5-4-17-9)13(20)7-18-14(21)10-2-3-11(15)12(16)6-10/h2-3,6,9,17H,4-5,7-8H2,1H3,(H,18,21). The van der Waals surface area contributed by atoms with Crippen molar-refractivity contribution in [3.63, 3.8) is 0 Å². The number of nitrogens with zero attached hydrogens (tertiary/aromatic N) is 1. The first-order valence-electron chi connectivity index (χ1n) is 6.72. The summed E-state index contributed by atoms with van der Waals surface area (Å²) in [7, 11) is 0. The molecule has 1 heterocycles. The third-order valence-electron chi connectivity index (χ3n) is 3.30. The molecule has 5 nitrogen and oxygen atoms in total. The highest BCUT2D eigenvalue weighted by Gasteiger charge is 2.20.